The zero-order chi connectivity index (χ0) is 10.6. The number of amides is 1. The van der Waals surface area contributed by atoms with Crippen molar-refractivity contribution in [3.8, 4) is 0 Å². The fourth-order valence-corrected chi connectivity index (χ4v) is 1.51. The smallest absolute Gasteiger partial charge is 0.220 e. The molecule has 0 spiro atoms. The number of carbonyl (C=O) groups is 1. The van der Waals surface area contributed by atoms with Crippen LogP contribution in [0.5, 0.6) is 0 Å². The van der Waals surface area contributed by atoms with E-state index >= 15 is 0 Å². The summed E-state index contributed by atoms with van der Waals surface area (Å²) in [5.74, 6) is -0.141. The third kappa shape index (κ3) is 2.67. The van der Waals surface area contributed by atoms with E-state index in [0.717, 1.165) is 0 Å². The van der Waals surface area contributed by atoms with E-state index in [1.54, 1.807) is 6.92 Å². The van der Waals surface area contributed by atoms with E-state index in [2.05, 4.69) is 5.32 Å². The molecule has 5 nitrogen and oxygen atoms in total. The summed E-state index contributed by atoms with van der Waals surface area (Å²) in [6, 6.07) is -0.485. The molecule has 1 unspecified atom stereocenters. The van der Waals surface area contributed by atoms with Crippen molar-refractivity contribution < 1.29 is 19.7 Å². The van der Waals surface area contributed by atoms with E-state index in [4.69, 9.17) is 9.84 Å². The van der Waals surface area contributed by atoms with Gasteiger partial charge in [-0.2, -0.15) is 0 Å². The number of aliphatic hydroxyl groups is 2. The van der Waals surface area contributed by atoms with Crippen LogP contribution >= 0.6 is 0 Å². The molecule has 0 radical (unpaired) electrons. The van der Waals surface area contributed by atoms with E-state index in [9.17, 15) is 9.90 Å². The number of rotatable bonds is 3. The van der Waals surface area contributed by atoms with Gasteiger partial charge in [-0.25, -0.2) is 0 Å². The molecule has 0 aromatic rings. The van der Waals surface area contributed by atoms with Gasteiger partial charge < -0.3 is 20.3 Å². The number of hydrogen-bond acceptors (Lipinski definition) is 4. The van der Waals surface area contributed by atoms with Crippen LogP contribution in [0.25, 0.3) is 0 Å². The van der Waals surface area contributed by atoms with Crippen LogP contribution in [-0.2, 0) is 9.53 Å². The van der Waals surface area contributed by atoms with E-state index in [0.29, 0.717) is 19.4 Å². The molecule has 0 bridgehead atoms. The predicted molar refractivity (Wildman–Crippen MR) is 49.7 cm³/mol. The van der Waals surface area contributed by atoms with Crippen molar-refractivity contribution in [3.05, 3.63) is 0 Å². The van der Waals surface area contributed by atoms with Crippen molar-refractivity contribution in [3.63, 3.8) is 0 Å². The highest BCUT2D eigenvalue weighted by molar-refractivity contribution is 5.76. The van der Waals surface area contributed by atoms with Crippen LogP contribution in [0.2, 0.25) is 0 Å². The molecule has 0 aromatic carbocycles. The summed E-state index contributed by atoms with van der Waals surface area (Å²) < 4.78 is 5.23. The van der Waals surface area contributed by atoms with E-state index in [-0.39, 0.29) is 12.5 Å². The monoisotopic (exact) mass is 203 g/mol. The van der Waals surface area contributed by atoms with Crippen molar-refractivity contribution in [2.24, 2.45) is 0 Å². The lowest BCUT2D eigenvalue weighted by Crippen LogP contribution is -2.56. The lowest BCUT2D eigenvalue weighted by atomic mass is 9.99. The molecular weight excluding hydrogens is 186 g/mol. The van der Waals surface area contributed by atoms with Crippen molar-refractivity contribution in [1.82, 2.24) is 5.32 Å². The highest BCUT2D eigenvalue weighted by atomic mass is 16.5. The minimum Gasteiger partial charge on any atom is -0.394 e. The van der Waals surface area contributed by atoms with Crippen LogP contribution in [0, 0.1) is 0 Å². The average Bonchev–Trinajstić information content (AvgIpc) is 2.20. The van der Waals surface area contributed by atoms with Gasteiger partial charge in [0.15, 0.2) is 0 Å². The first-order valence-corrected chi connectivity index (χ1v) is 4.89. The Morgan fingerprint density at radius 3 is 2.93 bits per heavy atom. The van der Waals surface area contributed by atoms with Gasteiger partial charge in [-0.3, -0.25) is 4.79 Å². The largest absolute Gasteiger partial charge is 0.394 e. The molecule has 1 aliphatic rings. The van der Waals surface area contributed by atoms with Crippen molar-refractivity contribution in [2.75, 3.05) is 13.2 Å². The second-order valence-electron chi connectivity index (χ2n) is 3.39. The van der Waals surface area contributed by atoms with Crippen LogP contribution in [0.4, 0.5) is 0 Å². The van der Waals surface area contributed by atoms with Crippen LogP contribution < -0.4 is 5.32 Å². The first kappa shape index (κ1) is 11.4. The van der Waals surface area contributed by atoms with E-state index in [1.165, 1.54) is 0 Å². The molecular formula is C9H17NO4. The SMILES string of the molecule is CCC(=O)N[C@H]1C(CO)OCC[C@H]1O. The van der Waals surface area contributed by atoms with Crippen LogP contribution in [0.15, 0.2) is 0 Å². The lowest BCUT2D eigenvalue weighted by molar-refractivity contribution is -0.130. The first-order chi connectivity index (χ1) is 6.69. The van der Waals surface area contributed by atoms with Gasteiger partial charge in [-0.1, -0.05) is 6.92 Å². The van der Waals surface area contributed by atoms with Gasteiger partial charge in [0.05, 0.1) is 18.8 Å². The maximum atomic E-state index is 11.1. The molecule has 0 aliphatic carbocycles. The van der Waals surface area contributed by atoms with E-state index in [1.807, 2.05) is 0 Å². The number of aliphatic hydroxyl groups excluding tert-OH is 2. The van der Waals surface area contributed by atoms with Gasteiger partial charge in [0, 0.05) is 13.0 Å². The van der Waals surface area contributed by atoms with Gasteiger partial charge in [-0.05, 0) is 6.42 Å². The Balaban J connectivity index is 2.54. The maximum absolute atomic E-state index is 11.1. The predicted octanol–water partition coefficient (Wildman–Crippen LogP) is -0.977. The summed E-state index contributed by atoms with van der Waals surface area (Å²) in [6.45, 7) is 1.97. The van der Waals surface area contributed by atoms with Crippen molar-refractivity contribution >= 4 is 5.91 Å². The molecule has 5 heteroatoms. The molecule has 3 N–H and O–H groups in total. The molecule has 1 fully saturated rings. The minimum absolute atomic E-state index is 0.141. The van der Waals surface area contributed by atoms with E-state index < -0.39 is 18.2 Å². The van der Waals surface area contributed by atoms with Gasteiger partial charge in [0.1, 0.15) is 6.10 Å². The highest BCUT2D eigenvalue weighted by Gasteiger charge is 2.33. The second-order valence-corrected chi connectivity index (χ2v) is 3.39. The topological polar surface area (TPSA) is 78.8 Å². The summed E-state index contributed by atoms with van der Waals surface area (Å²) in [5.41, 5.74) is 0. The summed E-state index contributed by atoms with van der Waals surface area (Å²) in [4.78, 5) is 11.1. The molecule has 82 valence electrons. The van der Waals surface area contributed by atoms with Gasteiger partial charge >= 0.3 is 0 Å². The fourth-order valence-electron chi connectivity index (χ4n) is 1.51. The second kappa shape index (κ2) is 5.29. The quantitative estimate of drug-likeness (QED) is 0.551. The molecule has 14 heavy (non-hydrogen) atoms. The minimum atomic E-state index is -0.628. The standard InChI is InChI=1S/C9H17NO4/c1-2-8(13)10-9-6(12)3-4-14-7(9)5-11/h6-7,9,11-12H,2-5H2,1H3,(H,10,13)/t6-,7?,9-/m1/s1. The maximum Gasteiger partial charge on any atom is 0.220 e. The lowest BCUT2D eigenvalue weighted by Gasteiger charge is -2.34. The number of ether oxygens (including phenoxy) is 1. The zero-order valence-corrected chi connectivity index (χ0v) is 8.27. The number of carbonyl (C=O) groups excluding carboxylic acids is 1. The Bertz CT molecular complexity index is 197. The third-order valence-corrected chi connectivity index (χ3v) is 2.39. The Hall–Kier alpha value is -0.650. The van der Waals surface area contributed by atoms with Gasteiger partial charge in [-0.15, -0.1) is 0 Å². The Labute approximate surface area is 83.1 Å². The molecule has 1 amide bonds. The zero-order valence-electron chi connectivity index (χ0n) is 8.27. The first-order valence-electron chi connectivity index (χ1n) is 4.89. The summed E-state index contributed by atoms with van der Waals surface area (Å²) in [6.07, 6.45) is -0.266. The summed E-state index contributed by atoms with van der Waals surface area (Å²) >= 11 is 0. The molecule has 0 aromatic heterocycles. The van der Waals surface area contributed by atoms with Crippen molar-refractivity contribution in [1.29, 1.82) is 0 Å². The van der Waals surface area contributed by atoms with Gasteiger partial charge in [0.25, 0.3) is 0 Å². The Kier molecular flexibility index (Phi) is 4.31. The van der Waals surface area contributed by atoms with Crippen LogP contribution in [0.3, 0.4) is 0 Å². The molecule has 0 saturated carbocycles. The summed E-state index contributed by atoms with van der Waals surface area (Å²) in [5, 5.41) is 21.2. The number of nitrogens with one attached hydrogen (secondary N) is 1. The molecule has 1 rings (SSSR count). The van der Waals surface area contributed by atoms with Crippen molar-refractivity contribution in [2.45, 2.75) is 38.0 Å². The summed E-state index contributed by atoms with van der Waals surface area (Å²) in [7, 11) is 0. The molecule has 1 saturated heterocycles. The molecule has 1 aliphatic heterocycles. The number of hydrogen-bond donors (Lipinski definition) is 3. The Morgan fingerprint density at radius 2 is 2.36 bits per heavy atom. The molecule has 1 heterocycles. The average molecular weight is 203 g/mol. The van der Waals surface area contributed by atoms with Gasteiger partial charge in [0.2, 0.25) is 5.91 Å². The fraction of sp³-hybridized carbons (Fsp3) is 0.889. The highest BCUT2D eigenvalue weighted by Crippen LogP contribution is 2.14. The molecule has 3 atom stereocenters. The van der Waals surface area contributed by atoms with Crippen LogP contribution in [0.1, 0.15) is 19.8 Å². The van der Waals surface area contributed by atoms with Crippen LogP contribution in [-0.4, -0.2) is 47.6 Å². The third-order valence-electron chi connectivity index (χ3n) is 2.39. The Morgan fingerprint density at radius 1 is 1.64 bits per heavy atom. The normalized spacial score (nSPS) is 32.6.